The third-order valence-corrected chi connectivity index (χ3v) is 7.81. The van der Waals surface area contributed by atoms with Gasteiger partial charge >= 0.3 is 0 Å². The fourth-order valence-electron chi connectivity index (χ4n) is 5.24. The number of benzene rings is 3. The van der Waals surface area contributed by atoms with Crippen LogP contribution in [-0.4, -0.2) is 27.4 Å². The van der Waals surface area contributed by atoms with Crippen LogP contribution >= 0.6 is 23.8 Å². The Bertz CT molecular complexity index is 1700. The number of halogens is 1. The molecule has 0 radical (unpaired) electrons. The number of carbonyl (C=O) groups is 1. The molecule has 0 saturated carbocycles. The SMILES string of the molecule is Cc1ccc(Cl)cc1-c1ccc([C@H]2[C@H](c3ccccn3)NC(=S)N2CCC(=O)Nc2cccc3ccccc23)o1. The molecule has 1 saturated heterocycles. The zero-order valence-electron chi connectivity index (χ0n) is 21.8. The molecule has 200 valence electrons. The minimum atomic E-state index is -0.291. The summed E-state index contributed by atoms with van der Waals surface area (Å²) in [5.74, 6) is 1.36. The molecule has 1 fully saturated rings. The van der Waals surface area contributed by atoms with Crippen LogP contribution in [0.15, 0.2) is 102 Å². The number of fused-ring (bicyclic) bond motifs is 1. The molecule has 1 aliphatic rings. The van der Waals surface area contributed by atoms with Gasteiger partial charge in [-0.25, -0.2) is 0 Å². The highest BCUT2D eigenvalue weighted by Gasteiger charge is 2.41. The second-order valence-corrected chi connectivity index (χ2v) is 10.6. The summed E-state index contributed by atoms with van der Waals surface area (Å²) in [4.78, 5) is 19.7. The molecule has 0 aliphatic carbocycles. The van der Waals surface area contributed by atoms with Crippen molar-refractivity contribution >= 4 is 51.3 Å². The normalized spacial score (nSPS) is 16.8. The van der Waals surface area contributed by atoms with E-state index in [9.17, 15) is 4.79 Å². The highest BCUT2D eigenvalue weighted by atomic mass is 35.5. The lowest BCUT2D eigenvalue weighted by Gasteiger charge is -2.26. The standard InChI is InChI=1S/C32H27ClN4O2S/c1-20-12-13-22(33)19-24(20)27-14-15-28(39-27)31-30(26-10-4-5-17-34-26)36-32(40)37(31)18-16-29(38)35-25-11-6-8-21-7-2-3-9-23(21)25/h2-15,17,19,30-31H,16,18H2,1H3,(H,35,38)(H,36,40)/t30-,31-/m0/s1. The molecule has 1 amide bonds. The molecule has 6 rings (SSSR count). The van der Waals surface area contributed by atoms with Crippen molar-refractivity contribution in [1.29, 1.82) is 0 Å². The van der Waals surface area contributed by atoms with Crippen molar-refractivity contribution in [2.75, 3.05) is 11.9 Å². The predicted octanol–water partition coefficient (Wildman–Crippen LogP) is 7.46. The highest BCUT2D eigenvalue weighted by Crippen LogP contribution is 2.41. The summed E-state index contributed by atoms with van der Waals surface area (Å²) < 4.78 is 6.44. The summed E-state index contributed by atoms with van der Waals surface area (Å²) in [7, 11) is 0. The second kappa shape index (κ2) is 11.1. The fraction of sp³-hybridized carbons (Fsp3) is 0.156. The topological polar surface area (TPSA) is 70.4 Å². The van der Waals surface area contributed by atoms with Crippen LogP contribution in [0, 0.1) is 6.92 Å². The number of pyridine rings is 1. The number of furan rings is 1. The van der Waals surface area contributed by atoms with Crippen molar-refractivity contribution in [2.45, 2.75) is 25.4 Å². The number of thiocarbonyl (C=S) groups is 1. The minimum absolute atomic E-state index is 0.0890. The molecule has 2 atom stereocenters. The number of rotatable bonds is 7. The largest absolute Gasteiger partial charge is 0.459 e. The Kier molecular flexibility index (Phi) is 7.24. The molecule has 0 spiro atoms. The van der Waals surface area contributed by atoms with Crippen LogP contribution in [0.5, 0.6) is 0 Å². The van der Waals surface area contributed by atoms with Crippen LogP contribution in [0.2, 0.25) is 5.02 Å². The van der Waals surface area contributed by atoms with Gasteiger partial charge in [-0.3, -0.25) is 9.78 Å². The molecule has 40 heavy (non-hydrogen) atoms. The molecule has 1 aliphatic heterocycles. The highest BCUT2D eigenvalue weighted by molar-refractivity contribution is 7.80. The van der Waals surface area contributed by atoms with Crippen LogP contribution in [0.25, 0.3) is 22.1 Å². The number of aryl methyl sites for hydroxylation is 1. The Hall–Kier alpha value is -4.20. The van der Waals surface area contributed by atoms with Gasteiger partial charge in [-0.05, 0) is 72.6 Å². The first kappa shape index (κ1) is 26.0. The molecule has 6 nitrogen and oxygen atoms in total. The molecule has 5 aromatic rings. The van der Waals surface area contributed by atoms with Gasteiger partial charge in [0, 0.05) is 40.8 Å². The number of hydrogen-bond donors (Lipinski definition) is 2. The smallest absolute Gasteiger partial charge is 0.226 e. The van der Waals surface area contributed by atoms with Crippen molar-refractivity contribution in [3.63, 3.8) is 0 Å². The number of carbonyl (C=O) groups excluding carboxylic acids is 1. The van der Waals surface area contributed by atoms with Crippen molar-refractivity contribution in [3.05, 3.63) is 119 Å². The van der Waals surface area contributed by atoms with E-state index in [1.54, 1.807) is 6.20 Å². The van der Waals surface area contributed by atoms with E-state index < -0.39 is 0 Å². The summed E-state index contributed by atoms with van der Waals surface area (Å²) in [6, 6.07) is 28.8. The van der Waals surface area contributed by atoms with Crippen LogP contribution in [0.4, 0.5) is 5.69 Å². The van der Waals surface area contributed by atoms with Crippen molar-refractivity contribution in [2.24, 2.45) is 0 Å². The lowest BCUT2D eigenvalue weighted by molar-refractivity contribution is -0.116. The lowest BCUT2D eigenvalue weighted by Crippen LogP contribution is -2.32. The Labute approximate surface area is 243 Å². The number of nitrogens with zero attached hydrogens (tertiary/aromatic N) is 2. The van der Waals surface area contributed by atoms with Crippen molar-refractivity contribution in [1.82, 2.24) is 15.2 Å². The van der Waals surface area contributed by atoms with Gasteiger partial charge in [-0.2, -0.15) is 0 Å². The average Bonchev–Trinajstić information content (AvgIpc) is 3.58. The van der Waals surface area contributed by atoms with Gasteiger partial charge in [-0.1, -0.05) is 60.1 Å². The van der Waals surface area contributed by atoms with Gasteiger partial charge in [0.25, 0.3) is 0 Å². The number of anilines is 1. The number of aromatic nitrogens is 1. The Morgan fingerprint density at radius 3 is 2.73 bits per heavy atom. The van der Waals surface area contributed by atoms with Gasteiger partial charge in [0.15, 0.2) is 5.11 Å². The summed E-state index contributed by atoms with van der Waals surface area (Å²) >= 11 is 12.1. The molecule has 0 unspecified atom stereocenters. The first-order valence-corrected chi connectivity index (χ1v) is 13.9. The predicted molar refractivity (Wildman–Crippen MR) is 163 cm³/mol. The summed E-state index contributed by atoms with van der Waals surface area (Å²) in [5, 5.41) is 9.78. The number of nitrogens with one attached hydrogen (secondary N) is 2. The van der Waals surface area contributed by atoms with E-state index in [2.05, 4.69) is 15.6 Å². The van der Waals surface area contributed by atoms with E-state index >= 15 is 0 Å². The van der Waals surface area contributed by atoms with Crippen molar-refractivity contribution in [3.8, 4) is 11.3 Å². The average molecular weight is 567 g/mol. The first-order chi connectivity index (χ1) is 19.5. The van der Waals surface area contributed by atoms with E-state index in [-0.39, 0.29) is 24.4 Å². The quantitative estimate of drug-likeness (QED) is 0.199. The number of hydrogen-bond acceptors (Lipinski definition) is 4. The van der Waals surface area contributed by atoms with Crippen molar-refractivity contribution < 1.29 is 9.21 Å². The molecule has 3 heterocycles. The molecule has 3 aromatic carbocycles. The Balaban J connectivity index is 1.27. The van der Waals surface area contributed by atoms with E-state index in [0.717, 1.165) is 44.8 Å². The maximum atomic E-state index is 13.1. The maximum Gasteiger partial charge on any atom is 0.226 e. The summed E-state index contributed by atoms with van der Waals surface area (Å²) in [6.45, 7) is 2.43. The van der Waals surface area contributed by atoms with E-state index in [1.807, 2.05) is 103 Å². The van der Waals surface area contributed by atoms with Gasteiger partial charge < -0.3 is 20.0 Å². The van der Waals surface area contributed by atoms with Gasteiger partial charge in [0.05, 0.1) is 11.7 Å². The zero-order valence-corrected chi connectivity index (χ0v) is 23.4. The third-order valence-electron chi connectivity index (χ3n) is 7.22. The third kappa shape index (κ3) is 5.18. The maximum absolute atomic E-state index is 13.1. The van der Waals surface area contributed by atoms with Crippen LogP contribution < -0.4 is 10.6 Å². The van der Waals surface area contributed by atoms with E-state index in [1.165, 1.54) is 0 Å². The summed E-state index contributed by atoms with van der Waals surface area (Å²) in [5.41, 5.74) is 3.63. The van der Waals surface area contributed by atoms with Gasteiger partial charge in [0.1, 0.15) is 17.6 Å². The lowest BCUT2D eigenvalue weighted by atomic mass is 10.0. The molecule has 8 heteroatoms. The van der Waals surface area contributed by atoms with E-state index in [0.29, 0.717) is 16.7 Å². The van der Waals surface area contributed by atoms with Crippen LogP contribution in [-0.2, 0) is 4.79 Å². The second-order valence-electron chi connectivity index (χ2n) is 9.81. The Morgan fingerprint density at radius 2 is 1.88 bits per heavy atom. The summed E-state index contributed by atoms with van der Waals surface area (Å²) in [6.07, 6.45) is 2.01. The van der Waals surface area contributed by atoms with Gasteiger partial charge in [-0.15, -0.1) is 0 Å². The molecule has 2 aromatic heterocycles. The van der Waals surface area contributed by atoms with Crippen LogP contribution in [0.3, 0.4) is 0 Å². The zero-order chi connectivity index (χ0) is 27.6. The molecule has 0 bridgehead atoms. The minimum Gasteiger partial charge on any atom is -0.459 e. The molecular weight excluding hydrogens is 540 g/mol. The number of amides is 1. The fourth-order valence-corrected chi connectivity index (χ4v) is 5.74. The Morgan fingerprint density at radius 1 is 1.05 bits per heavy atom. The first-order valence-electron chi connectivity index (χ1n) is 13.1. The van der Waals surface area contributed by atoms with E-state index in [4.69, 9.17) is 28.2 Å². The van der Waals surface area contributed by atoms with Crippen LogP contribution in [0.1, 0.15) is 35.5 Å². The molecular formula is C32H27ClN4O2S. The monoisotopic (exact) mass is 566 g/mol. The molecule has 2 N–H and O–H groups in total. The van der Waals surface area contributed by atoms with Gasteiger partial charge in [0.2, 0.25) is 5.91 Å².